The molecule has 11 nitrogen and oxygen atoms in total. The summed E-state index contributed by atoms with van der Waals surface area (Å²) in [5.74, 6) is -3.10. The van der Waals surface area contributed by atoms with E-state index in [0.717, 1.165) is 18.2 Å². The molecule has 0 radical (unpaired) electrons. The monoisotopic (exact) mass is 450 g/mol. The largest absolute Gasteiger partial charge is 0.508 e. The number of hydrogen-bond acceptors (Lipinski definition) is 11. The maximum atomic E-state index is 12.7. The van der Waals surface area contributed by atoms with Gasteiger partial charge >= 0.3 is 0 Å². The van der Waals surface area contributed by atoms with Gasteiger partial charge in [-0.1, -0.05) is 12.1 Å². The molecular formula is C21H22O11. The van der Waals surface area contributed by atoms with Gasteiger partial charge in [0.05, 0.1) is 6.61 Å². The SMILES string of the molecule is O=C(C=Cc1ccc(O)c(O)c1)c1c(O)cc(O)cc1OC1OC(CO)C(O)C(O)C1O. The molecule has 0 amide bonds. The van der Waals surface area contributed by atoms with Crippen molar-refractivity contribution in [3.8, 4) is 28.7 Å². The third kappa shape index (κ3) is 4.77. The Morgan fingerprint density at radius 3 is 2.31 bits per heavy atom. The Morgan fingerprint density at radius 1 is 0.938 bits per heavy atom. The summed E-state index contributed by atoms with van der Waals surface area (Å²) >= 11 is 0. The van der Waals surface area contributed by atoms with Crippen LogP contribution in [0, 0.1) is 0 Å². The van der Waals surface area contributed by atoms with Gasteiger partial charge in [-0.2, -0.15) is 0 Å². The molecule has 5 unspecified atom stereocenters. The molecule has 5 atom stereocenters. The number of phenols is 4. The van der Waals surface area contributed by atoms with Crippen molar-refractivity contribution in [2.24, 2.45) is 0 Å². The Kier molecular flexibility index (Phi) is 6.87. The van der Waals surface area contributed by atoms with Crippen molar-refractivity contribution in [1.82, 2.24) is 0 Å². The van der Waals surface area contributed by atoms with Crippen LogP contribution in [-0.2, 0) is 4.74 Å². The smallest absolute Gasteiger partial charge is 0.229 e. The number of aromatic hydroxyl groups is 4. The predicted octanol–water partition coefficient (Wildman–Crippen LogP) is -0.416. The molecule has 2 aromatic rings. The van der Waals surface area contributed by atoms with E-state index in [-0.39, 0.29) is 5.75 Å². The van der Waals surface area contributed by atoms with Crippen LogP contribution in [0.15, 0.2) is 36.4 Å². The zero-order valence-electron chi connectivity index (χ0n) is 16.4. The van der Waals surface area contributed by atoms with Gasteiger partial charge in [0.2, 0.25) is 6.29 Å². The number of hydrogen-bond donors (Lipinski definition) is 8. The molecule has 0 bridgehead atoms. The van der Waals surface area contributed by atoms with E-state index in [9.17, 15) is 45.6 Å². The number of benzene rings is 2. The van der Waals surface area contributed by atoms with Gasteiger partial charge in [0.15, 0.2) is 17.3 Å². The molecule has 1 aliphatic heterocycles. The number of aliphatic hydroxyl groups is 4. The first-order valence-electron chi connectivity index (χ1n) is 9.40. The molecule has 0 saturated carbocycles. The van der Waals surface area contributed by atoms with Crippen LogP contribution in [0.2, 0.25) is 0 Å². The van der Waals surface area contributed by atoms with E-state index in [2.05, 4.69) is 0 Å². The lowest BCUT2D eigenvalue weighted by Gasteiger charge is -2.39. The molecule has 1 saturated heterocycles. The molecule has 0 spiro atoms. The van der Waals surface area contributed by atoms with E-state index in [1.165, 1.54) is 24.3 Å². The number of ether oxygens (including phenoxy) is 2. The summed E-state index contributed by atoms with van der Waals surface area (Å²) in [4.78, 5) is 12.7. The van der Waals surface area contributed by atoms with Gasteiger partial charge in [-0.3, -0.25) is 4.79 Å². The van der Waals surface area contributed by atoms with Crippen molar-refractivity contribution in [1.29, 1.82) is 0 Å². The number of ketones is 1. The van der Waals surface area contributed by atoms with Gasteiger partial charge in [0, 0.05) is 12.1 Å². The van der Waals surface area contributed by atoms with Crippen LogP contribution < -0.4 is 4.74 Å². The molecule has 8 N–H and O–H groups in total. The molecule has 3 rings (SSSR count). The number of carbonyl (C=O) groups is 1. The third-order valence-electron chi connectivity index (χ3n) is 4.83. The first-order chi connectivity index (χ1) is 15.1. The molecule has 1 heterocycles. The van der Waals surface area contributed by atoms with Gasteiger partial charge in [-0.15, -0.1) is 0 Å². The van der Waals surface area contributed by atoms with Gasteiger partial charge in [-0.25, -0.2) is 0 Å². The quantitative estimate of drug-likeness (QED) is 0.162. The number of phenolic OH excluding ortho intramolecular Hbond substituents is 4. The second-order valence-electron chi connectivity index (χ2n) is 7.10. The average Bonchev–Trinajstić information content (AvgIpc) is 2.74. The van der Waals surface area contributed by atoms with Crippen molar-refractivity contribution in [2.75, 3.05) is 6.61 Å². The first-order valence-corrected chi connectivity index (χ1v) is 9.40. The second kappa shape index (κ2) is 9.42. The summed E-state index contributed by atoms with van der Waals surface area (Å²) in [5.41, 5.74) is -0.0673. The minimum Gasteiger partial charge on any atom is -0.508 e. The molecule has 1 aliphatic rings. The van der Waals surface area contributed by atoms with E-state index >= 15 is 0 Å². The molecule has 11 heteroatoms. The normalized spacial score (nSPS) is 25.7. The molecule has 0 aromatic heterocycles. The average molecular weight is 450 g/mol. The number of rotatable bonds is 6. The minimum atomic E-state index is -1.78. The van der Waals surface area contributed by atoms with Gasteiger partial charge < -0.3 is 50.3 Å². The van der Waals surface area contributed by atoms with E-state index in [0.29, 0.717) is 5.56 Å². The van der Waals surface area contributed by atoms with E-state index in [4.69, 9.17) is 9.47 Å². The maximum absolute atomic E-state index is 12.7. The van der Waals surface area contributed by atoms with Crippen molar-refractivity contribution < 1.29 is 55.1 Å². The van der Waals surface area contributed by atoms with Crippen LogP contribution in [0.4, 0.5) is 0 Å². The van der Waals surface area contributed by atoms with Crippen molar-refractivity contribution >= 4 is 11.9 Å². The Labute approximate surface area is 181 Å². The Hall–Kier alpha value is -3.35. The zero-order valence-corrected chi connectivity index (χ0v) is 16.4. The summed E-state index contributed by atoms with van der Waals surface area (Å²) in [6.07, 6.45) is -5.77. The topological polar surface area (TPSA) is 197 Å². The van der Waals surface area contributed by atoms with Crippen molar-refractivity contribution in [2.45, 2.75) is 30.7 Å². The molecular weight excluding hydrogens is 428 g/mol. The fraction of sp³-hybridized carbons (Fsp3) is 0.286. The van der Waals surface area contributed by atoms with Crippen molar-refractivity contribution in [3.63, 3.8) is 0 Å². The predicted molar refractivity (Wildman–Crippen MR) is 107 cm³/mol. The van der Waals surface area contributed by atoms with E-state index < -0.39 is 71.7 Å². The molecule has 1 fully saturated rings. The summed E-state index contributed by atoms with van der Waals surface area (Å²) in [6.45, 7) is -0.704. The fourth-order valence-corrected chi connectivity index (χ4v) is 3.12. The number of allylic oxidation sites excluding steroid dienone is 1. The van der Waals surface area contributed by atoms with Crippen molar-refractivity contribution in [3.05, 3.63) is 47.5 Å². The highest BCUT2D eigenvalue weighted by Gasteiger charge is 2.45. The molecule has 32 heavy (non-hydrogen) atoms. The Balaban J connectivity index is 1.90. The zero-order chi connectivity index (χ0) is 23.6. The van der Waals surface area contributed by atoms with Crippen LogP contribution in [0.25, 0.3) is 6.08 Å². The van der Waals surface area contributed by atoms with Gasteiger partial charge in [-0.05, 0) is 23.8 Å². The van der Waals surface area contributed by atoms with E-state index in [1.807, 2.05) is 0 Å². The molecule has 2 aromatic carbocycles. The Morgan fingerprint density at radius 2 is 1.66 bits per heavy atom. The lowest BCUT2D eigenvalue weighted by atomic mass is 9.99. The van der Waals surface area contributed by atoms with Gasteiger partial charge in [0.25, 0.3) is 0 Å². The lowest BCUT2D eigenvalue weighted by Crippen LogP contribution is -2.60. The number of carbonyl (C=O) groups excluding carboxylic acids is 1. The van der Waals surface area contributed by atoms with Crippen LogP contribution >= 0.6 is 0 Å². The first kappa shape index (κ1) is 23.3. The standard InChI is InChI=1S/C21H22O11/c22-8-16-18(28)19(29)20(30)21(32-16)31-15-7-10(23)6-14(27)17(15)12(25)4-2-9-1-3-11(24)13(26)5-9/h1-7,16,18-24,26-30H,8H2. The van der Waals surface area contributed by atoms with Crippen LogP contribution in [0.5, 0.6) is 28.7 Å². The van der Waals surface area contributed by atoms with Crippen LogP contribution in [0.3, 0.4) is 0 Å². The fourth-order valence-electron chi connectivity index (χ4n) is 3.12. The lowest BCUT2D eigenvalue weighted by molar-refractivity contribution is -0.277. The molecule has 172 valence electrons. The summed E-state index contributed by atoms with van der Waals surface area (Å²) in [7, 11) is 0. The highest BCUT2D eigenvalue weighted by atomic mass is 16.7. The number of aliphatic hydroxyl groups excluding tert-OH is 4. The summed E-state index contributed by atoms with van der Waals surface area (Å²) in [5, 5.41) is 78.1. The highest BCUT2D eigenvalue weighted by molar-refractivity contribution is 6.10. The summed E-state index contributed by atoms with van der Waals surface area (Å²) in [6, 6.07) is 5.68. The van der Waals surface area contributed by atoms with Crippen LogP contribution in [-0.4, -0.2) is 83.9 Å². The Bertz CT molecular complexity index is 1020. The second-order valence-corrected chi connectivity index (χ2v) is 7.10. The summed E-state index contributed by atoms with van der Waals surface area (Å²) < 4.78 is 10.6. The third-order valence-corrected chi connectivity index (χ3v) is 4.83. The van der Waals surface area contributed by atoms with Crippen LogP contribution in [0.1, 0.15) is 15.9 Å². The highest BCUT2D eigenvalue weighted by Crippen LogP contribution is 2.36. The molecule has 0 aliphatic carbocycles. The van der Waals surface area contributed by atoms with E-state index in [1.54, 1.807) is 0 Å². The minimum absolute atomic E-state index is 0.347. The maximum Gasteiger partial charge on any atom is 0.229 e. The van der Waals surface area contributed by atoms with Gasteiger partial charge in [0.1, 0.15) is 47.2 Å².